The first-order valence-electron chi connectivity index (χ1n) is 7.73. The van der Waals surface area contributed by atoms with Gasteiger partial charge in [0, 0.05) is 12.5 Å². The van der Waals surface area contributed by atoms with E-state index < -0.39 is 35.9 Å². The van der Waals surface area contributed by atoms with Gasteiger partial charge in [-0.3, -0.25) is 4.79 Å². The van der Waals surface area contributed by atoms with Crippen molar-refractivity contribution in [2.75, 3.05) is 6.54 Å². The third-order valence-electron chi connectivity index (χ3n) is 3.64. The number of carbonyl (C=O) groups excluding carboxylic acids is 2. The Labute approximate surface area is 131 Å². The second-order valence-electron chi connectivity index (χ2n) is 6.84. The molecule has 4 unspecified atom stereocenters. The Kier molecular flexibility index (Phi) is 6.62. The molecule has 0 aromatic carbocycles. The van der Waals surface area contributed by atoms with E-state index in [1.165, 1.54) is 6.92 Å². The maximum atomic E-state index is 11.9. The molecule has 1 aliphatic rings. The Morgan fingerprint density at radius 1 is 1.32 bits per heavy atom. The van der Waals surface area contributed by atoms with Gasteiger partial charge in [0.15, 0.2) is 0 Å². The van der Waals surface area contributed by atoms with E-state index in [1.807, 2.05) is 0 Å². The molecule has 1 rings (SSSR count). The van der Waals surface area contributed by atoms with Gasteiger partial charge >= 0.3 is 6.09 Å². The Balaban J connectivity index is 2.33. The summed E-state index contributed by atoms with van der Waals surface area (Å²) in [5, 5.41) is 24.7. The predicted molar refractivity (Wildman–Crippen MR) is 81.2 cm³/mol. The van der Waals surface area contributed by atoms with Crippen LogP contribution in [0.15, 0.2) is 0 Å². The Hall–Kier alpha value is -1.34. The zero-order valence-corrected chi connectivity index (χ0v) is 13.8. The summed E-state index contributed by atoms with van der Waals surface area (Å²) in [5.41, 5.74) is -0.630. The average Bonchev–Trinajstić information content (AvgIpc) is 2.79. The molecule has 2 amide bonds. The number of nitrogens with one attached hydrogen (secondary N) is 2. The summed E-state index contributed by atoms with van der Waals surface area (Å²) in [7, 11) is 0. The summed E-state index contributed by atoms with van der Waals surface area (Å²) >= 11 is 0. The second kappa shape index (κ2) is 7.78. The van der Waals surface area contributed by atoms with Gasteiger partial charge in [0.1, 0.15) is 11.6 Å². The smallest absolute Gasteiger partial charge is 0.408 e. The van der Waals surface area contributed by atoms with Crippen LogP contribution in [0.2, 0.25) is 0 Å². The normalized spacial score (nSPS) is 24.5. The predicted octanol–water partition coefficient (Wildman–Crippen LogP) is 0.538. The lowest BCUT2D eigenvalue weighted by Crippen LogP contribution is -2.49. The van der Waals surface area contributed by atoms with Crippen LogP contribution < -0.4 is 10.6 Å². The topological polar surface area (TPSA) is 108 Å². The van der Waals surface area contributed by atoms with Crippen molar-refractivity contribution in [2.24, 2.45) is 5.92 Å². The molecule has 4 N–H and O–H groups in total. The number of aliphatic hydroxyl groups is 2. The van der Waals surface area contributed by atoms with Gasteiger partial charge in [0.05, 0.1) is 12.2 Å². The molecule has 0 saturated heterocycles. The maximum absolute atomic E-state index is 11.9. The summed E-state index contributed by atoms with van der Waals surface area (Å²) < 4.78 is 5.07. The van der Waals surface area contributed by atoms with Crippen molar-refractivity contribution in [1.82, 2.24) is 10.6 Å². The van der Waals surface area contributed by atoms with Crippen molar-refractivity contribution < 1.29 is 24.5 Å². The molecular weight excluding hydrogens is 288 g/mol. The Morgan fingerprint density at radius 3 is 2.45 bits per heavy atom. The lowest BCUT2D eigenvalue weighted by molar-refractivity contribution is -0.123. The number of rotatable bonds is 5. The van der Waals surface area contributed by atoms with Gasteiger partial charge in [-0.1, -0.05) is 6.42 Å². The van der Waals surface area contributed by atoms with Gasteiger partial charge in [0.25, 0.3) is 0 Å². The van der Waals surface area contributed by atoms with Gasteiger partial charge in [-0.25, -0.2) is 4.79 Å². The number of hydrogen-bond acceptors (Lipinski definition) is 5. The van der Waals surface area contributed by atoms with Crippen molar-refractivity contribution in [1.29, 1.82) is 0 Å². The molecule has 4 atom stereocenters. The Morgan fingerprint density at radius 2 is 1.95 bits per heavy atom. The van der Waals surface area contributed by atoms with E-state index in [1.54, 1.807) is 20.8 Å². The van der Waals surface area contributed by atoms with Crippen LogP contribution in [0.1, 0.15) is 47.0 Å². The standard InChI is InChI=1S/C15H28N2O5/c1-9(17-14(21)22-15(2,3)4)13(20)16-8-12(19)10-6-5-7-11(10)18/h9-12,18-19H,5-8H2,1-4H3,(H,16,20)(H,17,21). The SMILES string of the molecule is CC(NC(=O)OC(C)(C)C)C(=O)NCC(O)C1CCCC1O. The quantitative estimate of drug-likeness (QED) is 0.592. The first-order chi connectivity index (χ1) is 10.1. The van der Waals surface area contributed by atoms with E-state index in [-0.39, 0.29) is 12.5 Å². The minimum atomic E-state index is -0.782. The molecule has 0 radical (unpaired) electrons. The van der Waals surface area contributed by atoms with Crippen LogP contribution in [-0.4, -0.2) is 52.6 Å². The molecule has 128 valence electrons. The van der Waals surface area contributed by atoms with Crippen molar-refractivity contribution in [3.8, 4) is 0 Å². The van der Waals surface area contributed by atoms with Crippen LogP contribution in [0.25, 0.3) is 0 Å². The van der Waals surface area contributed by atoms with Gasteiger partial charge < -0.3 is 25.6 Å². The van der Waals surface area contributed by atoms with Crippen LogP contribution >= 0.6 is 0 Å². The molecule has 0 aromatic rings. The van der Waals surface area contributed by atoms with Crippen molar-refractivity contribution in [3.05, 3.63) is 0 Å². The molecule has 0 bridgehead atoms. The monoisotopic (exact) mass is 316 g/mol. The molecule has 0 heterocycles. The third kappa shape index (κ3) is 6.19. The number of carbonyl (C=O) groups is 2. The molecule has 7 heteroatoms. The van der Waals surface area contributed by atoms with E-state index in [0.717, 1.165) is 12.8 Å². The van der Waals surface area contributed by atoms with Crippen LogP contribution in [0.4, 0.5) is 4.79 Å². The van der Waals surface area contributed by atoms with Gasteiger partial charge in [0.2, 0.25) is 5.91 Å². The zero-order chi connectivity index (χ0) is 16.9. The highest BCUT2D eigenvalue weighted by atomic mass is 16.6. The molecule has 22 heavy (non-hydrogen) atoms. The number of ether oxygens (including phenoxy) is 1. The fraction of sp³-hybridized carbons (Fsp3) is 0.867. The van der Waals surface area contributed by atoms with Crippen molar-refractivity contribution >= 4 is 12.0 Å². The van der Waals surface area contributed by atoms with Gasteiger partial charge in [-0.15, -0.1) is 0 Å². The van der Waals surface area contributed by atoms with Crippen LogP contribution in [0.5, 0.6) is 0 Å². The fourth-order valence-corrected chi connectivity index (χ4v) is 2.48. The first-order valence-corrected chi connectivity index (χ1v) is 7.73. The molecule has 7 nitrogen and oxygen atoms in total. The second-order valence-corrected chi connectivity index (χ2v) is 6.84. The summed E-state index contributed by atoms with van der Waals surface area (Å²) in [6, 6.07) is -0.768. The summed E-state index contributed by atoms with van der Waals surface area (Å²) in [6.45, 7) is 6.80. The minimum absolute atomic E-state index is 0.0564. The summed E-state index contributed by atoms with van der Waals surface area (Å²) in [4.78, 5) is 23.5. The van der Waals surface area contributed by atoms with E-state index in [0.29, 0.717) is 6.42 Å². The highest BCUT2D eigenvalue weighted by Gasteiger charge is 2.31. The summed E-state index contributed by atoms with van der Waals surface area (Å²) in [5.74, 6) is -0.605. The fourth-order valence-electron chi connectivity index (χ4n) is 2.48. The number of amides is 2. The van der Waals surface area contributed by atoms with Crippen LogP contribution in [0, 0.1) is 5.92 Å². The largest absolute Gasteiger partial charge is 0.444 e. The highest BCUT2D eigenvalue weighted by Crippen LogP contribution is 2.28. The minimum Gasteiger partial charge on any atom is -0.444 e. The third-order valence-corrected chi connectivity index (χ3v) is 3.64. The highest BCUT2D eigenvalue weighted by molar-refractivity contribution is 5.85. The molecular formula is C15H28N2O5. The molecule has 1 saturated carbocycles. The number of hydrogen-bond donors (Lipinski definition) is 4. The zero-order valence-electron chi connectivity index (χ0n) is 13.8. The van der Waals surface area contributed by atoms with E-state index in [2.05, 4.69) is 10.6 Å². The van der Waals surface area contributed by atoms with E-state index in [4.69, 9.17) is 4.74 Å². The lowest BCUT2D eigenvalue weighted by atomic mass is 9.98. The molecule has 0 spiro atoms. The lowest BCUT2D eigenvalue weighted by Gasteiger charge is -2.23. The summed E-state index contributed by atoms with van der Waals surface area (Å²) in [6.07, 6.45) is 0.366. The number of alkyl carbamates (subject to hydrolysis) is 1. The number of aliphatic hydroxyl groups excluding tert-OH is 2. The molecule has 1 fully saturated rings. The van der Waals surface area contributed by atoms with Crippen molar-refractivity contribution in [3.63, 3.8) is 0 Å². The maximum Gasteiger partial charge on any atom is 0.408 e. The van der Waals surface area contributed by atoms with Crippen molar-refractivity contribution in [2.45, 2.75) is 70.8 Å². The molecule has 0 aliphatic heterocycles. The van der Waals surface area contributed by atoms with Crippen LogP contribution in [-0.2, 0) is 9.53 Å². The average molecular weight is 316 g/mol. The Bertz CT molecular complexity index is 394. The van der Waals surface area contributed by atoms with Crippen LogP contribution in [0.3, 0.4) is 0 Å². The van der Waals surface area contributed by atoms with E-state index >= 15 is 0 Å². The first kappa shape index (κ1) is 18.7. The van der Waals surface area contributed by atoms with Gasteiger partial charge in [-0.2, -0.15) is 0 Å². The molecule has 1 aliphatic carbocycles. The van der Waals surface area contributed by atoms with E-state index in [9.17, 15) is 19.8 Å². The molecule has 0 aromatic heterocycles. The van der Waals surface area contributed by atoms with Gasteiger partial charge in [-0.05, 0) is 40.5 Å².